The van der Waals surface area contributed by atoms with Gasteiger partial charge in [-0.05, 0) is 13.3 Å². The zero-order chi connectivity index (χ0) is 10.3. The van der Waals surface area contributed by atoms with Crippen LogP contribution < -0.4 is 5.32 Å². The van der Waals surface area contributed by atoms with E-state index in [0.717, 1.165) is 6.42 Å². The molecule has 0 atom stereocenters. The number of amides is 1. The van der Waals surface area contributed by atoms with E-state index in [1.807, 2.05) is 6.92 Å². The third-order valence-electron chi connectivity index (χ3n) is 1.67. The highest BCUT2D eigenvalue weighted by atomic mass is 16.5. The lowest BCUT2D eigenvalue weighted by atomic mass is 10.2. The Labute approximate surface area is 79.5 Å². The molecule has 74 valence electrons. The van der Waals surface area contributed by atoms with Gasteiger partial charge >= 0.3 is 0 Å². The molecule has 1 N–H and O–H groups in total. The molecule has 0 aromatic rings. The lowest BCUT2D eigenvalue weighted by Crippen LogP contribution is -2.25. The van der Waals surface area contributed by atoms with Gasteiger partial charge in [0.05, 0.1) is 12.7 Å². The topological polar surface area (TPSA) is 38.3 Å². The summed E-state index contributed by atoms with van der Waals surface area (Å²) >= 11 is 0. The summed E-state index contributed by atoms with van der Waals surface area (Å²) in [6, 6.07) is 0. The van der Waals surface area contributed by atoms with Gasteiger partial charge in [-0.3, -0.25) is 4.79 Å². The minimum Gasteiger partial charge on any atom is -0.501 e. The van der Waals surface area contributed by atoms with Gasteiger partial charge in [0.25, 0.3) is 5.91 Å². The van der Waals surface area contributed by atoms with E-state index < -0.39 is 0 Å². The molecule has 0 aliphatic carbocycles. The Morgan fingerprint density at radius 1 is 1.62 bits per heavy atom. The van der Waals surface area contributed by atoms with Crippen molar-refractivity contribution in [3.8, 4) is 0 Å². The van der Waals surface area contributed by atoms with Gasteiger partial charge in [-0.2, -0.15) is 0 Å². The Hall–Kier alpha value is -1.25. The van der Waals surface area contributed by atoms with Crippen molar-refractivity contribution in [1.29, 1.82) is 0 Å². The van der Waals surface area contributed by atoms with Crippen LogP contribution >= 0.6 is 0 Å². The first-order valence-electron chi connectivity index (χ1n) is 4.32. The van der Waals surface area contributed by atoms with Crippen molar-refractivity contribution in [2.75, 3.05) is 13.7 Å². The van der Waals surface area contributed by atoms with E-state index in [-0.39, 0.29) is 5.91 Å². The van der Waals surface area contributed by atoms with Gasteiger partial charge in [-0.15, -0.1) is 0 Å². The quantitative estimate of drug-likeness (QED) is 0.399. The molecule has 3 nitrogen and oxygen atoms in total. The maximum absolute atomic E-state index is 11.4. The van der Waals surface area contributed by atoms with E-state index in [4.69, 9.17) is 4.74 Å². The van der Waals surface area contributed by atoms with Crippen molar-refractivity contribution < 1.29 is 9.53 Å². The van der Waals surface area contributed by atoms with Crippen molar-refractivity contribution in [1.82, 2.24) is 5.32 Å². The molecule has 13 heavy (non-hydrogen) atoms. The van der Waals surface area contributed by atoms with Gasteiger partial charge in [-0.1, -0.05) is 19.6 Å². The van der Waals surface area contributed by atoms with Crippen molar-refractivity contribution in [2.24, 2.45) is 0 Å². The number of carbonyl (C=O) groups excluding carboxylic acids is 1. The fourth-order valence-corrected chi connectivity index (χ4v) is 0.840. The Balaban J connectivity index is 4.41. The molecule has 0 aliphatic rings. The van der Waals surface area contributed by atoms with E-state index in [9.17, 15) is 4.79 Å². The summed E-state index contributed by atoms with van der Waals surface area (Å²) in [6.45, 7) is 7.97. The second-order valence-corrected chi connectivity index (χ2v) is 2.63. The summed E-state index contributed by atoms with van der Waals surface area (Å²) in [4.78, 5) is 11.4. The first-order chi connectivity index (χ1) is 6.17. The van der Waals surface area contributed by atoms with E-state index in [1.165, 1.54) is 13.2 Å². The van der Waals surface area contributed by atoms with E-state index in [1.54, 1.807) is 6.92 Å². The zero-order valence-corrected chi connectivity index (χ0v) is 8.52. The second-order valence-electron chi connectivity index (χ2n) is 2.63. The second kappa shape index (κ2) is 6.29. The Kier molecular flexibility index (Phi) is 5.68. The summed E-state index contributed by atoms with van der Waals surface area (Å²) in [5.41, 5.74) is 0.496. The number of allylic oxidation sites excluding steroid dienone is 1. The van der Waals surface area contributed by atoms with Crippen LogP contribution in [0.25, 0.3) is 0 Å². The van der Waals surface area contributed by atoms with Gasteiger partial charge in [0.2, 0.25) is 0 Å². The summed E-state index contributed by atoms with van der Waals surface area (Å²) in [7, 11) is 1.53. The smallest absolute Gasteiger partial charge is 0.254 e. The number of methoxy groups -OCH3 is 1. The summed E-state index contributed by atoms with van der Waals surface area (Å²) in [5, 5.41) is 2.75. The van der Waals surface area contributed by atoms with Gasteiger partial charge in [-0.25, -0.2) is 0 Å². The summed E-state index contributed by atoms with van der Waals surface area (Å²) in [5.74, 6) is 0.458. The highest BCUT2D eigenvalue weighted by Gasteiger charge is 2.08. The predicted octanol–water partition coefficient (Wildman–Crippen LogP) is 1.62. The minimum atomic E-state index is -0.129. The van der Waals surface area contributed by atoms with Crippen molar-refractivity contribution >= 4 is 5.91 Å². The van der Waals surface area contributed by atoms with Crippen LogP contribution in [0.15, 0.2) is 24.0 Å². The molecule has 0 heterocycles. The Morgan fingerprint density at radius 3 is 2.62 bits per heavy atom. The van der Waals surface area contributed by atoms with E-state index in [2.05, 4.69) is 11.9 Å². The van der Waals surface area contributed by atoms with Crippen molar-refractivity contribution in [3.05, 3.63) is 24.0 Å². The lowest BCUT2D eigenvalue weighted by Gasteiger charge is -2.07. The molecule has 0 radical (unpaired) electrons. The molecule has 0 aromatic carbocycles. The number of nitrogens with one attached hydrogen (secondary N) is 1. The number of ether oxygens (including phenoxy) is 1. The number of hydrogen-bond donors (Lipinski definition) is 1. The minimum absolute atomic E-state index is 0.129. The van der Waals surface area contributed by atoms with Crippen LogP contribution in [-0.2, 0) is 9.53 Å². The lowest BCUT2D eigenvalue weighted by molar-refractivity contribution is -0.117. The molecule has 3 heteroatoms. The molecule has 0 bridgehead atoms. The first-order valence-corrected chi connectivity index (χ1v) is 4.32. The molecule has 0 aliphatic heterocycles. The fraction of sp³-hybridized carbons (Fsp3) is 0.500. The fourth-order valence-electron chi connectivity index (χ4n) is 0.840. The number of rotatable bonds is 5. The maximum Gasteiger partial charge on any atom is 0.254 e. The number of hydrogen-bond acceptors (Lipinski definition) is 2. The van der Waals surface area contributed by atoms with Crippen LogP contribution in [-0.4, -0.2) is 19.6 Å². The molecule has 0 aromatic heterocycles. The molecule has 0 rings (SSSR count). The molecule has 0 unspecified atom stereocenters. The SMILES string of the molecule is C=C/C(C(=O)NCCC)=C(/C)OC. The van der Waals surface area contributed by atoms with Crippen LogP contribution in [0.3, 0.4) is 0 Å². The van der Waals surface area contributed by atoms with Crippen LogP contribution in [0.5, 0.6) is 0 Å². The summed E-state index contributed by atoms with van der Waals surface area (Å²) in [6.07, 6.45) is 2.42. The highest BCUT2D eigenvalue weighted by Crippen LogP contribution is 2.05. The third-order valence-corrected chi connectivity index (χ3v) is 1.67. The average molecular weight is 183 g/mol. The molecule has 0 spiro atoms. The van der Waals surface area contributed by atoms with Crippen molar-refractivity contribution in [3.63, 3.8) is 0 Å². The van der Waals surface area contributed by atoms with Gasteiger partial charge in [0.1, 0.15) is 5.76 Å². The third kappa shape index (κ3) is 3.78. The molecular formula is C10H17NO2. The van der Waals surface area contributed by atoms with Gasteiger partial charge in [0, 0.05) is 6.54 Å². The first kappa shape index (κ1) is 11.8. The summed E-state index contributed by atoms with van der Waals surface area (Å²) < 4.78 is 4.95. The molecule has 0 saturated heterocycles. The molecule has 0 fully saturated rings. The van der Waals surface area contributed by atoms with E-state index in [0.29, 0.717) is 17.9 Å². The van der Waals surface area contributed by atoms with Crippen LogP contribution in [0.4, 0.5) is 0 Å². The standard InChI is InChI=1S/C10H17NO2/c1-5-7-11-10(12)9(6-2)8(3)13-4/h6H,2,5,7H2,1,3-4H3,(H,11,12)/b9-8+. The Morgan fingerprint density at radius 2 is 2.23 bits per heavy atom. The molecule has 1 amide bonds. The van der Waals surface area contributed by atoms with E-state index >= 15 is 0 Å². The average Bonchev–Trinajstić information content (AvgIpc) is 2.15. The zero-order valence-electron chi connectivity index (χ0n) is 8.52. The van der Waals surface area contributed by atoms with Crippen LogP contribution in [0.2, 0.25) is 0 Å². The molecular weight excluding hydrogens is 166 g/mol. The van der Waals surface area contributed by atoms with Gasteiger partial charge in [0.15, 0.2) is 0 Å². The van der Waals surface area contributed by atoms with Crippen molar-refractivity contribution in [2.45, 2.75) is 20.3 Å². The predicted molar refractivity (Wildman–Crippen MR) is 53.2 cm³/mol. The molecule has 0 saturated carbocycles. The highest BCUT2D eigenvalue weighted by molar-refractivity contribution is 5.96. The maximum atomic E-state index is 11.4. The van der Waals surface area contributed by atoms with Crippen LogP contribution in [0, 0.1) is 0 Å². The largest absolute Gasteiger partial charge is 0.501 e. The normalized spacial score (nSPS) is 11.6. The van der Waals surface area contributed by atoms with Gasteiger partial charge < -0.3 is 10.1 Å². The van der Waals surface area contributed by atoms with Crippen LogP contribution in [0.1, 0.15) is 20.3 Å². The Bertz CT molecular complexity index is 219. The number of carbonyl (C=O) groups is 1. The monoisotopic (exact) mass is 183 g/mol.